The van der Waals surface area contributed by atoms with E-state index in [0.717, 1.165) is 6.42 Å². The van der Waals surface area contributed by atoms with Gasteiger partial charge in [0.1, 0.15) is 10.5 Å². The van der Waals surface area contributed by atoms with E-state index in [-0.39, 0.29) is 17.1 Å². The molecule has 6 nitrogen and oxygen atoms in total. The summed E-state index contributed by atoms with van der Waals surface area (Å²) in [5.41, 5.74) is -4.17. The van der Waals surface area contributed by atoms with E-state index < -0.39 is 21.2 Å². The van der Waals surface area contributed by atoms with Gasteiger partial charge in [-0.05, 0) is 18.6 Å². The Labute approximate surface area is 157 Å². The van der Waals surface area contributed by atoms with Crippen LogP contribution in [0.5, 0.6) is 0 Å². The number of aromatic nitrogens is 2. The number of anilines is 1. The molecule has 6 rings (SSSR count). The standard InChI is InChI=1S/C16H13F3N4O2S2/c17-16(18,19)27(24)11-2-1-10(14-20-3-4-26-14)13-12(11)22-15(25-13)23-6-8-5-9(7-23)21-8/h1-4,8-9,21H,5-7H2. The van der Waals surface area contributed by atoms with Crippen molar-refractivity contribution in [3.05, 3.63) is 23.7 Å². The minimum atomic E-state index is -4.87. The number of hydrogen-bond donors (Lipinski definition) is 1. The molecule has 2 bridgehead atoms. The summed E-state index contributed by atoms with van der Waals surface area (Å²) in [6.07, 6.45) is 2.68. The van der Waals surface area contributed by atoms with Gasteiger partial charge in [0.15, 0.2) is 16.4 Å². The van der Waals surface area contributed by atoms with Crippen LogP contribution in [0.2, 0.25) is 0 Å². The van der Waals surface area contributed by atoms with E-state index in [1.54, 1.807) is 11.6 Å². The van der Waals surface area contributed by atoms with E-state index in [4.69, 9.17) is 4.42 Å². The van der Waals surface area contributed by atoms with Crippen LogP contribution in [0.4, 0.5) is 19.2 Å². The molecule has 3 aliphatic rings. The first-order valence-corrected chi connectivity index (χ1v) is 10.3. The quantitative estimate of drug-likeness (QED) is 0.710. The molecule has 3 aromatic rings. The van der Waals surface area contributed by atoms with Gasteiger partial charge in [0.25, 0.3) is 6.01 Å². The first kappa shape index (κ1) is 17.1. The van der Waals surface area contributed by atoms with Crippen LogP contribution in [-0.4, -0.2) is 44.9 Å². The maximum atomic E-state index is 13.1. The molecule has 2 aromatic heterocycles. The number of thiazole rings is 1. The summed E-state index contributed by atoms with van der Waals surface area (Å²) >= 11 is 1.34. The van der Waals surface area contributed by atoms with E-state index in [1.165, 1.54) is 23.5 Å². The van der Waals surface area contributed by atoms with Crippen LogP contribution in [0.25, 0.3) is 21.7 Å². The fraction of sp³-hybridized carbons (Fsp3) is 0.375. The fourth-order valence-corrected chi connectivity index (χ4v) is 4.99. The minimum absolute atomic E-state index is 0.0273. The second kappa shape index (κ2) is 6.01. The Morgan fingerprint density at radius 1 is 1.30 bits per heavy atom. The van der Waals surface area contributed by atoms with Gasteiger partial charge in [-0.25, -0.2) is 9.19 Å². The molecular formula is C16H13F3N4O2S2. The van der Waals surface area contributed by atoms with Crippen molar-refractivity contribution >= 4 is 39.3 Å². The average Bonchev–Trinajstić information content (AvgIpc) is 3.29. The van der Waals surface area contributed by atoms with Gasteiger partial charge < -0.3 is 14.6 Å². The molecule has 3 saturated heterocycles. The highest BCUT2D eigenvalue weighted by molar-refractivity contribution is 7.86. The molecule has 27 heavy (non-hydrogen) atoms. The second-order valence-electron chi connectivity index (χ2n) is 6.54. The smallest absolute Gasteiger partial charge is 0.423 e. The van der Waals surface area contributed by atoms with E-state index in [0.29, 0.717) is 35.7 Å². The van der Waals surface area contributed by atoms with Gasteiger partial charge in [-0.15, -0.1) is 11.3 Å². The van der Waals surface area contributed by atoms with Gasteiger partial charge in [-0.1, -0.05) is 0 Å². The Balaban J connectivity index is 1.66. The minimum Gasteiger partial charge on any atom is -0.423 e. The molecule has 3 fully saturated rings. The zero-order valence-electron chi connectivity index (χ0n) is 13.7. The van der Waals surface area contributed by atoms with E-state index in [9.17, 15) is 17.4 Å². The van der Waals surface area contributed by atoms with Crippen molar-refractivity contribution in [3.8, 4) is 10.6 Å². The summed E-state index contributed by atoms with van der Waals surface area (Å²) in [6, 6.07) is 3.58. The number of halogens is 3. The SMILES string of the molecule is O=S(c1ccc(-c2nccs2)c2oc(N3CC4CC(C3)N4)nc12)C(F)(F)F. The van der Waals surface area contributed by atoms with Crippen molar-refractivity contribution in [3.63, 3.8) is 0 Å². The lowest BCUT2D eigenvalue weighted by molar-refractivity contribution is -0.0384. The molecule has 11 heteroatoms. The van der Waals surface area contributed by atoms with Gasteiger partial charge in [0.05, 0.1) is 10.5 Å². The molecule has 0 radical (unpaired) electrons. The lowest BCUT2D eigenvalue weighted by atomic mass is 9.92. The van der Waals surface area contributed by atoms with E-state index >= 15 is 0 Å². The van der Waals surface area contributed by atoms with Crippen LogP contribution in [0.1, 0.15) is 6.42 Å². The number of alkyl halides is 3. The Bertz CT molecular complexity index is 1020. The number of oxazole rings is 1. The molecule has 1 N–H and O–H groups in total. The van der Waals surface area contributed by atoms with Crippen LogP contribution < -0.4 is 10.2 Å². The maximum Gasteiger partial charge on any atom is 0.475 e. The van der Waals surface area contributed by atoms with Gasteiger partial charge in [-0.2, -0.15) is 18.2 Å². The molecule has 0 spiro atoms. The summed E-state index contributed by atoms with van der Waals surface area (Å²) in [4.78, 5) is 10.0. The van der Waals surface area contributed by atoms with Crippen molar-refractivity contribution in [1.82, 2.24) is 15.3 Å². The molecule has 0 saturated carbocycles. The zero-order valence-corrected chi connectivity index (χ0v) is 15.3. The predicted octanol–water partition coefficient (Wildman–Crippen LogP) is 3.13. The first-order chi connectivity index (χ1) is 12.9. The highest BCUT2D eigenvalue weighted by Crippen LogP contribution is 2.39. The molecule has 3 aliphatic heterocycles. The number of benzene rings is 1. The van der Waals surface area contributed by atoms with Gasteiger partial charge in [0, 0.05) is 36.8 Å². The third kappa shape index (κ3) is 2.84. The molecule has 142 valence electrons. The third-order valence-corrected chi connectivity index (χ3v) is 6.72. The molecular weight excluding hydrogens is 401 g/mol. The molecule has 5 heterocycles. The summed E-state index contributed by atoms with van der Waals surface area (Å²) in [6.45, 7) is 1.35. The van der Waals surface area contributed by atoms with E-state index in [2.05, 4.69) is 15.3 Å². The van der Waals surface area contributed by atoms with Crippen molar-refractivity contribution in [1.29, 1.82) is 0 Å². The van der Waals surface area contributed by atoms with Crippen molar-refractivity contribution in [2.24, 2.45) is 0 Å². The van der Waals surface area contributed by atoms with Crippen LogP contribution >= 0.6 is 11.3 Å². The zero-order chi connectivity index (χ0) is 18.8. The Kier molecular flexibility index (Phi) is 3.82. The fourth-order valence-electron chi connectivity index (χ4n) is 3.58. The summed E-state index contributed by atoms with van der Waals surface area (Å²) in [5, 5.41) is 5.75. The number of nitrogens with zero attached hydrogens (tertiary/aromatic N) is 3. The van der Waals surface area contributed by atoms with Gasteiger partial charge in [0.2, 0.25) is 0 Å². The summed E-state index contributed by atoms with van der Waals surface area (Å²) < 4.78 is 57.1. The number of fused-ring (bicyclic) bond motifs is 3. The third-order valence-electron chi connectivity index (χ3n) is 4.76. The Morgan fingerprint density at radius 2 is 2.04 bits per heavy atom. The predicted molar refractivity (Wildman–Crippen MR) is 95.1 cm³/mol. The average molecular weight is 414 g/mol. The largest absolute Gasteiger partial charge is 0.475 e. The monoisotopic (exact) mass is 414 g/mol. The highest BCUT2D eigenvalue weighted by atomic mass is 32.2. The molecule has 0 amide bonds. The molecule has 0 aliphatic carbocycles. The number of rotatable bonds is 3. The van der Waals surface area contributed by atoms with E-state index in [1.807, 2.05) is 4.90 Å². The van der Waals surface area contributed by atoms with Crippen LogP contribution in [-0.2, 0) is 10.8 Å². The molecule has 1 aromatic carbocycles. The van der Waals surface area contributed by atoms with Gasteiger partial charge >= 0.3 is 5.51 Å². The highest BCUT2D eigenvalue weighted by Gasteiger charge is 2.41. The topological polar surface area (TPSA) is 71.3 Å². The maximum absolute atomic E-state index is 13.1. The summed E-state index contributed by atoms with van der Waals surface area (Å²) in [5.74, 6) is 0. The summed E-state index contributed by atoms with van der Waals surface area (Å²) in [7, 11) is -3.19. The molecule has 3 unspecified atom stereocenters. The number of piperidine rings is 1. The van der Waals surface area contributed by atoms with Gasteiger partial charge in [-0.3, -0.25) is 0 Å². The van der Waals surface area contributed by atoms with Crippen molar-refractivity contribution < 1.29 is 21.8 Å². The number of hydrogen-bond acceptors (Lipinski definition) is 7. The van der Waals surface area contributed by atoms with Crippen molar-refractivity contribution in [2.75, 3.05) is 18.0 Å². The number of nitrogens with one attached hydrogen (secondary N) is 1. The Morgan fingerprint density at radius 3 is 2.67 bits per heavy atom. The lowest BCUT2D eigenvalue weighted by Crippen LogP contribution is -2.67. The molecule has 3 atom stereocenters. The lowest BCUT2D eigenvalue weighted by Gasteiger charge is -2.47. The number of piperazine rings is 1. The normalized spacial score (nSPS) is 23.4. The Hall–Kier alpha value is -1.98. The van der Waals surface area contributed by atoms with Crippen LogP contribution in [0.3, 0.4) is 0 Å². The van der Waals surface area contributed by atoms with Crippen molar-refractivity contribution in [2.45, 2.75) is 28.9 Å². The van der Waals surface area contributed by atoms with Crippen LogP contribution in [0.15, 0.2) is 33.0 Å². The first-order valence-electron chi connectivity index (χ1n) is 8.23. The second-order valence-corrected chi connectivity index (χ2v) is 8.87. The van der Waals surface area contributed by atoms with Crippen LogP contribution in [0, 0.1) is 0 Å².